The molecule has 2 aliphatic heterocycles. The Hall–Kier alpha value is -0.120. The number of guanidine groups is 1. The molecule has 2 aliphatic rings. The van der Waals surface area contributed by atoms with E-state index in [1.807, 2.05) is 0 Å². The van der Waals surface area contributed by atoms with Gasteiger partial charge in [-0.25, -0.2) is 0 Å². The lowest BCUT2D eigenvalue weighted by Gasteiger charge is -2.35. The zero-order valence-electron chi connectivity index (χ0n) is 15.5. The summed E-state index contributed by atoms with van der Waals surface area (Å²) in [6.45, 7) is 13.7. The Morgan fingerprint density at radius 1 is 1.29 bits per heavy atom. The maximum atomic E-state index is 5.99. The second-order valence-electron chi connectivity index (χ2n) is 6.95. The van der Waals surface area contributed by atoms with Crippen molar-refractivity contribution in [2.24, 2.45) is 10.7 Å². The van der Waals surface area contributed by atoms with Crippen LogP contribution in [0.15, 0.2) is 4.99 Å². The number of morpholine rings is 1. The fourth-order valence-corrected chi connectivity index (χ4v) is 3.76. The predicted octanol–water partition coefficient (Wildman–Crippen LogP) is 1.49. The fourth-order valence-electron chi connectivity index (χ4n) is 3.76. The minimum atomic E-state index is 0. The minimum absolute atomic E-state index is 0. The molecule has 24 heavy (non-hydrogen) atoms. The van der Waals surface area contributed by atoms with Gasteiger partial charge in [-0.1, -0.05) is 6.92 Å². The molecule has 2 fully saturated rings. The van der Waals surface area contributed by atoms with Gasteiger partial charge in [0.1, 0.15) is 0 Å². The van der Waals surface area contributed by atoms with Gasteiger partial charge in [0.25, 0.3) is 0 Å². The Balaban J connectivity index is 0.00000288. The Morgan fingerprint density at radius 3 is 2.67 bits per heavy atom. The van der Waals surface area contributed by atoms with Gasteiger partial charge in [-0.3, -0.25) is 14.8 Å². The van der Waals surface area contributed by atoms with E-state index in [-0.39, 0.29) is 24.0 Å². The van der Waals surface area contributed by atoms with Crippen molar-refractivity contribution in [1.82, 2.24) is 15.1 Å². The summed E-state index contributed by atoms with van der Waals surface area (Å²) in [6.07, 6.45) is 4.30. The molecule has 2 saturated heterocycles. The lowest BCUT2D eigenvalue weighted by Crippen LogP contribution is -2.46. The maximum Gasteiger partial charge on any atom is 0.188 e. The van der Waals surface area contributed by atoms with E-state index in [1.54, 1.807) is 0 Å². The first-order valence-electron chi connectivity index (χ1n) is 9.24. The van der Waals surface area contributed by atoms with Crippen LogP contribution in [0.3, 0.4) is 0 Å². The summed E-state index contributed by atoms with van der Waals surface area (Å²) in [5.41, 5.74) is 5.99. The lowest BCUT2D eigenvalue weighted by molar-refractivity contribution is -0.0679. The third-order valence-corrected chi connectivity index (χ3v) is 4.83. The SMILES string of the molecule is CCN1CCCC1CN=C(N)NCCCN1CC(C)OC(C)C1.I. The second kappa shape index (κ2) is 11.5. The zero-order valence-corrected chi connectivity index (χ0v) is 17.9. The van der Waals surface area contributed by atoms with Crippen LogP contribution in [0.5, 0.6) is 0 Å². The van der Waals surface area contributed by atoms with Crippen molar-refractivity contribution < 1.29 is 4.74 Å². The van der Waals surface area contributed by atoms with E-state index in [9.17, 15) is 0 Å². The number of nitrogens with two attached hydrogens (primary N) is 1. The first-order chi connectivity index (χ1) is 11.1. The third-order valence-electron chi connectivity index (χ3n) is 4.83. The normalized spacial score (nSPS) is 29.5. The van der Waals surface area contributed by atoms with Crippen molar-refractivity contribution in [2.75, 3.05) is 45.8 Å². The van der Waals surface area contributed by atoms with Gasteiger partial charge in [-0.2, -0.15) is 0 Å². The minimum Gasteiger partial charge on any atom is -0.373 e. The monoisotopic (exact) mass is 453 g/mol. The van der Waals surface area contributed by atoms with E-state index < -0.39 is 0 Å². The van der Waals surface area contributed by atoms with E-state index in [0.717, 1.165) is 45.7 Å². The topological polar surface area (TPSA) is 66.1 Å². The van der Waals surface area contributed by atoms with Gasteiger partial charge in [0.2, 0.25) is 0 Å². The molecule has 3 atom stereocenters. The summed E-state index contributed by atoms with van der Waals surface area (Å²) in [6, 6.07) is 0.580. The van der Waals surface area contributed by atoms with Crippen LogP contribution in [0.1, 0.15) is 40.0 Å². The highest BCUT2D eigenvalue weighted by molar-refractivity contribution is 14.0. The number of rotatable bonds is 7. The van der Waals surface area contributed by atoms with Gasteiger partial charge >= 0.3 is 0 Å². The molecule has 0 aromatic rings. The molecular formula is C17H36IN5O. The van der Waals surface area contributed by atoms with Crippen LogP contribution in [0.25, 0.3) is 0 Å². The maximum absolute atomic E-state index is 5.99. The van der Waals surface area contributed by atoms with Gasteiger partial charge < -0.3 is 15.8 Å². The molecule has 3 N–H and O–H groups in total. The number of likely N-dealkylation sites (N-methyl/N-ethyl adjacent to an activating group) is 1. The number of hydrogen-bond donors (Lipinski definition) is 2. The first kappa shape index (κ1) is 21.9. The van der Waals surface area contributed by atoms with Crippen LogP contribution in [0, 0.1) is 0 Å². The smallest absolute Gasteiger partial charge is 0.188 e. The number of nitrogens with zero attached hydrogens (tertiary/aromatic N) is 3. The molecule has 0 aliphatic carbocycles. The summed E-state index contributed by atoms with van der Waals surface area (Å²) in [7, 11) is 0. The largest absolute Gasteiger partial charge is 0.373 e. The summed E-state index contributed by atoms with van der Waals surface area (Å²) in [5, 5.41) is 3.25. The highest BCUT2D eigenvalue weighted by atomic mass is 127. The predicted molar refractivity (Wildman–Crippen MR) is 111 cm³/mol. The molecule has 142 valence electrons. The molecule has 2 heterocycles. The second-order valence-corrected chi connectivity index (χ2v) is 6.95. The van der Waals surface area contributed by atoms with Crippen LogP contribution in [0.2, 0.25) is 0 Å². The van der Waals surface area contributed by atoms with Gasteiger partial charge in [-0.15, -0.1) is 24.0 Å². The Morgan fingerprint density at radius 2 is 2.00 bits per heavy atom. The van der Waals surface area contributed by atoms with Crippen LogP contribution >= 0.6 is 24.0 Å². The molecule has 2 rings (SSSR count). The summed E-state index contributed by atoms with van der Waals surface area (Å²) < 4.78 is 5.76. The standard InChI is InChI=1S/C17H35N5O.HI/c1-4-22-10-5-7-16(22)11-20-17(18)19-8-6-9-21-12-14(2)23-15(3)13-21;/h14-16H,4-13H2,1-3H3,(H3,18,19,20);1H. The average molecular weight is 453 g/mol. The van der Waals surface area contributed by atoms with Crippen molar-refractivity contribution >= 4 is 29.9 Å². The lowest BCUT2D eigenvalue weighted by atomic mass is 10.2. The van der Waals surface area contributed by atoms with Gasteiger partial charge in [0, 0.05) is 32.2 Å². The Labute approximate surface area is 164 Å². The number of aliphatic imine (C=N–C) groups is 1. The van der Waals surface area contributed by atoms with Crippen LogP contribution < -0.4 is 11.1 Å². The Bertz CT molecular complexity index is 372. The van der Waals surface area contributed by atoms with Gasteiger partial charge in [0.15, 0.2) is 5.96 Å². The third kappa shape index (κ3) is 7.41. The average Bonchev–Trinajstić information content (AvgIpc) is 2.96. The molecule has 3 unspecified atom stereocenters. The van der Waals surface area contributed by atoms with Crippen molar-refractivity contribution in [3.05, 3.63) is 0 Å². The van der Waals surface area contributed by atoms with Crippen molar-refractivity contribution in [2.45, 2.75) is 58.3 Å². The summed E-state index contributed by atoms with van der Waals surface area (Å²) >= 11 is 0. The highest BCUT2D eigenvalue weighted by Crippen LogP contribution is 2.16. The molecule has 0 spiro atoms. The van der Waals surface area contributed by atoms with Crippen molar-refractivity contribution in [1.29, 1.82) is 0 Å². The molecule has 7 heteroatoms. The Kier molecular flexibility index (Phi) is 10.5. The zero-order chi connectivity index (χ0) is 16.7. The fraction of sp³-hybridized carbons (Fsp3) is 0.941. The number of halogens is 1. The first-order valence-corrected chi connectivity index (χ1v) is 9.24. The quantitative estimate of drug-likeness (QED) is 0.265. The molecule has 0 aromatic carbocycles. The van der Waals surface area contributed by atoms with Crippen LogP contribution in [-0.4, -0.2) is 79.8 Å². The summed E-state index contributed by atoms with van der Waals surface area (Å²) in [5.74, 6) is 0.594. The molecule has 0 radical (unpaired) electrons. The summed E-state index contributed by atoms with van der Waals surface area (Å²) in [4.78, 5) is 9.50. The van der Waals surface area contributed by atoms with Crippen LogP contribution in [0.4, 0.5) is 0 Å². The molecule has 0 amide bonds. The van der Waals surface area contributed by atoms with E-state index in [0.29, 0.717) is 24.2 Å². The highest BCUT2D eigenvalue weighted by Gasteiger charge is 2.22. The van der Waals surface area contributed by atoms with Crippen molar-refractivity contribution in [3.8, 4) is 0 Å². The number of nitrogens with one attached hydrogen (secondary N) is 1. The number of ether oxygens (including phenoxy) is 1. The van der Waals surface area contributed by atoms with E-state index in [4.69, 9.17) is 10.5 Å². The molecule has 0 aromatic heterocycles. The van der Waals surface area contributed by atoms with Gasteiger partial charge in [-0.05, 0) is 46.2 Å². The van der Waals surface area contributed by atoms with E-state index in [2.05, 4.69) is 40.9 Å². The molecule has 6 nitrogen and oxygen atoms in total. The number of hydrogen-bond acceptors (Lipinski definition) is 4. The van der Waals surface area contributed by atoms with Crippen LogP contribution in [-0.2, 0) is 4.74 Å². The van der Waals surface area contributed by atoms with Crippen molar-refractivity contribution in [3.63, 3.8) is 0 Å². The number of likely N-dealkylation sites (tertiary alicyclic amines) is 1. The van der Waals surface area contributed by atoms with E-state index in [1.165, 1.54) is 19.4 Å². The molecule has 0 bridgehead atoms. The molecule has 0 saturated carbocycles. The molecular weight excluding hydrogens is 417 g/mol. The van der Waals surface area contributed by atoms with E-state index >= 15 is 0 Å². The van der Waals surface area contributed by atoms with Gasteiger partial charge in [0.05, 0.1) is 18.8 Å².